The van der Waals surface area contributed by atoms with E-state index in [9.17, 15) is 15.6 Å². The van der Waals surface area contributed by atoms with Crippen LogP contribution < -0.4 is 9.64 Å². The van der Waals surface area contributed by atoms with E-state index >= 15 is 0 Å². The molecule has 0 radical (unpaired) electrons. The van der Waals surface area contributed by atoms with E-state index in [1.54, 1.807) is 4.90 Å². The van der Waals surface area contributed by atoms with Crippen LogP contribution in [-0.4, -0.2) is 25.0 Å². The van der Waals surface area contributed by atoms with E-state index in [1.807, 2.05) is 54.6 Å². The molecule has 0 aliphatic rings. The predicted molar refractivity (Wildman–Crippen MR) is 135 cm³/mol. The van der Waals surface area contributed by atoms with Crippen LogP contribution in [0.2, 0.25) is 0 Å². The number of rotatable bonds is 8. The van der Waals surface area contributed by atoms with Crippen molar-refractivity contribution in [1.29, 1.82) is 10.5 Å². The van der Waals surface area contributed by atoms with Gasteiger partial charge in [-0.3, -0.25) is 0 Å². The maximum Gasteiger partial charge on any atom is 0.174 e. The SMILES string of the molecule is CC(C)(C)c1ccc(OCC#N)c(C(C)(c2ccccc2)c2ccccc2N(CO)CC#N)c1. The predicted octanol–water partition coefficient (Wildman–Crippen LogP) is 5.52. The van der Waals surface area contributed by atoms with Gasteiger partial charge in [0.1, 0.15) is 25.1 Å². The standard InChI is InChI=1S/C29H31N3O2/c1-28(2,3)23-14-15-27(34-19-17-31)25(20-23)29(4,22-10-6-5-7-11-22)24-12-8-9-13-26(24)32(21-33)18-16-30/h5-15,20,33H,18-19,21H2,1-4H3. The van der Waals surface area contributed by atoms with Crippen LogP contribution in [0.15, 0.2) is 72.8 Å². The summed E-state index contributed by atoms with van der Waals surface area (Å²) in [6.45, 7) is 8.32. The van der Waals surface area contributed by atoms with Crippen molar-refractivity contribution in [2.24, 2.45) is 0 Å². The van der Waals surface area contributed by atoms with Crippen LogP contribution in [-0.2, 0) is 10.8 Å². The Morgan fingerprint density at radius 2 is 1.50 bits per heavy atom. The third-order valence-electron chi connectivity index (χ3n) is 6.24. The maximum atomic E-state index is 10.1. The average Bonchev–Trinajstić information content (AvgIpc) is 2.85. The third-order valence-corrected chi connectivity index (χ3v) is 6.24. The highest BCUT2D eigenvalue weighted by atomic mass is 16.5. The molecule has 3 aromatic carbocycles. The molecule has 174 valence electrons. The van der Waals surface area contributed by atoms with Crippen molar-refractivity contribution in [2.45, 2.75) is 38.5 Å². The Morgan fingerprint density at radius 3 is 2.12 bits per heavy atom. The number of hydrogen-bond acceptors (Lipinski definition) is 5. The highest BCUT2D eigenvalue weighted by Crippen LogP contribution is 2.47. The summed E-state index contributed by atoms with van der Waals surface area (Å²) in [6, 6.07) is 28.3. The first kappa shape index (κ1) is 24.8. The van der Waals surface area contributed by atoms with E-state index in [0.717, 1.165) is 27.9 Å². The molecule has 1 unspecified atom stereocenters. The van der Waals surface area contributed by atoms with Crippen molar-refractivity contribution < 1.29 is 9.84 Å². The van der Waals surface area contributed by atoms with Crippen molar-refractivity contribution in [3.8, 4) is 17.9 Å². The summed E-state index contributed by atoms with van der Waals surface area (Å²) in [7, 11) is 0. The molecule has 0 aromatic heterocycles. The highest BCUT2D eigenvalue weighted by Gasteiger charge is 2.37. The number of ether oxygens (including phenoxy) is 1. The van der Waals surface area contributed by atoms with Gasteiger partial charge in [0, 0.05) is 16.7 Å². The van der Waals surface area contributed by atoms with Gasteiger partial charge in [0.15, 0.2) is 6.61 Å². The van der Waals surface area contributed by atoms with Gasteiger partial charge in [-0.25, -0.2) is 0 Å². The second kappa shape index (κ2) is 10.4. The Hall–Kier alpha value is -3.80. The van der Waals surface area contributed by atoms with Gasteiger partial charge < -0.3 is 14.7 Å². The lowest BCUT2D eigenvalue weighted by molar-refractivity contribution is 0.294. The molecule has 34 heavy (non-hydrogen) atoms. The van der Waals surface area contributed by atoms with Gasteiger partial charge in [0.05, 0.1) is 6.07 Å². The molecular formula is C29H31N3O2. The van der Waals surface area contributed by atoms with Crippen molar-refractivity contribution in [1.82, 2.24) is 0 Å². The number of aliphatic hydroxyl groups is 1. The Balaban J connectivity index is 2.41. The fourth-order valence-corrected chi connectivity index (χ4v) is 4.32. The zero-order valence-corrected chi connectivity index (χ0v) is 20.2. The van der Waals surface area contributed by atoms with E-state index < -0.39 is 5.41 Å². The molecule has 0 saturated heterocycles. The van der Waals surface area contributed by atoms with Crippen molar-refractivity contribution in [2.75, 3.05) is 24.8 Å². The first-order valence-electron chi connectivity index (χ1n) is 11.3. The fourth-order valence-electron chi connectivity index (χ4n) is 4.32. The second-order valence-electron chi connectivity index (χ2n) is 9.41. The molecule has 0 amide bonds. The van der Waals surface area contributed by atoms with Crippen LogP contribution in [0.5, 0.6) is 5.75 Å². The molecule has 3 aromatic rings. The van der Waals surface area contributed by atoms with E-state index in [2.05, 4.69) is 58.0 Å². The Kier molecular flexibility index (Phi) is 7.61. The van der Waals surface area contributed by atoms with E-state index in [1.165, 1.54) is 0 Å². The number of benzene rings is 3. The molecule has 0 spiro atoms. The van der Waals surface area contributed by atoms with E-state index in [0.29, 0.717) is 5.75 Å². The number of aliphatic hydroxyl groups excluding tert-OH is 1. The molecule has 0 aliphatic carbocycles. The molecule has 0 heterocycles. The Bertz CT molecular complexity index is 1200. The van der Waals surface area contributed by atoms with E-state index in [-0.39, 0.29) is 25.3 Å². The maximum absolute atomic E-state index is 10.1. The summed E-state index contributed by atoms with van der Waals surface area (Å²) >= 11 is 0. The van der Waals surface area contributed by atoms with Crippen LogP contribution in [0, 0.1) is 22.7 Å². The lowest BCUT2D eigenvalue weighted by Gasteiger charge is -2.37. The number of nitrogens with zero attached hydrogens (tertiary/aromatic N) is 3. The van der Waals surface area contributed by atoms with Crippen LogP contribution in [0.3, 0.4) is 0 Å². The van der Waals surface area contributed by atoms with Gasteiger partial charge in [0.25, 0.3) is 0 Å². The van der Waals surface area contributed by atoms with Crippen molar-refractivity contribution in [3.05, 3.63) is 95.1 Å². The number of anilines is 1. The third kappa shape index (κ3) is 4.91. The number of nitriles is 2. The van der Waals surface area contributed by atoms with Crippen molar-refractivity contribution >= 4 is 5.69 Å². The minimum atomic E-state index is -0.702. The largest absolute Gasteiger partial charge is 0.478 e. The Labute approximate surface area is 202 Å². The molecule has 5 heteroatoms. The lowest BCUT2D eigenvalue weighted by Crippen LogP contribution is -2.32. The summed E-state index contributed by atoms with van der Waals surface area (Å²) in [4.78, 5) is 1.65. The van der Waals surface area contributed by atoms with Gasteiger partial charge >= 0.3 is 0 Å². The summed E-state index contributed by atoms with van der Waals surface area (Å²) in [5.74, 6) is 0.631. The monoisotopic (exact) mass is 453 g/mol. The van der Waals surface area contributed by atoms with Crippen molar-refractivity contribution in [3.63, 3.8) is 0 Å². The molecular weight excluding hydrogens is 422 g/mol. The second-order valence-corrected chi connectivity index (χ2v) is 9.41. The summed E-state index contributed by atoms with van der Waals surface area (Å²) in [5, 5.41) is 28.7. The Morgan fingerprint density at radius 1 is 0.824 bits per heavy atom. The summed E-state index contributed by atoms with van der Waals surface area (Å²) in [6.07, 6.45) is 0. The van der Waals surface area contributed by atoms with Gasteiger partial charge in [-0.1, -0.05) is 81.4 Å². The molecule has 0 aliphatic heterocycles. The van der Waals surface area contributed by atoms with Gasteiger partial charge in [0.2, 0.25) is 0 Å². The van der Waals surface area contributed by atoms with Gasteiger partial charge in [-0.15, -0.1) is 0 Å². The summed E-state index contributed by atoms with van der Waals surface area (Å²) < 4.78 is 5.94. The summed E-state index contributed by atoms with van der Waals surface area (Å²) in [5.41, 5.74) is 3.99. The topological polar surface area (TPSA) is 80.3 Å². The minimum absolute atomic E-state index is 0.0538. The normalized spacial score (nSPS) is 12.8. The molecule has 0 bridgehead atoms. The number of hydrogen-bond donors (Lipinski definition) is 1. The first-order valence-corrected chi connectivity index (χ1v) is 11.3. The van der Waals surface area contributed by atoms with Gasteiger partial charge in [-0.05, 0) is 41.2 Å². The first-order chi connectivity index (χ1) is 16.3. The smallest absolute Gasteiger partial charge is 0.174 e. The zero-order chi connectivity index (χ0) is 24.8. The van der Waals surface area contributed by atoms with Crippen LogP contribution in [0.4, 0.5) is 5.69 Å². The minimum Gasteiger partial charge on any atom is -0.478 e. The quantitative estimate of drug-likeness (QED) is 0.276. The molecule has 3 rings (SSSR count). The van der Waals surface area contributed by atoms with Crippen LogP contribution in [0.25, 0.3) is 0 Å². The average molecular weight is 454 g/mol. The van der Waals surface area contributed by atoms with Crippen LogP contribution in [0.1, 0.15) is 49.9 Å². The molecule has 1 atom stereocenters. The zero-order valence-electron chi connectivity index (χ0n) is 20.2. The molecule has 0 fully saturated rings. The van der Waals surface area contributed by atoms with E-state index in [4.69, 9.17) is 4.74 Å². The lowest BCUT2D eigenvalue weighted by atomic mass is 9.69. The fraction of sp³-hybridized carbons (Fsp3) is 0.310. The van der Waals surface area contributed by atoms with Crippen LogP contribution >= 0.6 is 0 Å². The number of para-hydroxylation sites is 1. The molecule has 5 nitrogen and oxygen atoms in total. The van der Waals surface area contributed by atoms with Gasteiger partial charge in [-0.2, -0.15) is 10.5 Å². The highest BCUT2D eigenvalue weighted by molar-refractivity contribution is 5.66. The molecule has 0 saturated carbocycles. The molecule has 1 N–H and O–H groups in total.